The molecule has 0 fully saturated rings. The third-order valence-electron chi connectivity index (χ3n) is 6.19. The lowest BCUT2D eigenvalue weighted by Crippen LogP contribution is -2.40. The predicted octanol–water partition coefficient (Wildman–Crippen LogP) is 2.62. The van der Waals surface area contributed by atoms with E-state index in [1.807, 2.05) is 0 Å². The van der Waals surface area contributed by atoms with E-state index in [-0.39, 0.29) is 29.6 Å². The molecule has 8 nitrogen and oxygen atoms in total. The molecular weight excluding hydrogens is 456 g/mol. The van der Waals surface area contributed by atoms with Crippen molar-refractivity contribution in [2.24, 2.45) is 5.92 Å². The van der Waals surface area contributed by atoms with E-state index in [1.54, 1.807) is 11.7 Å². The number of benzene rings is 1. The molecule has 0 saturated carbocycles. The molecule has 2 N–H and O–H groups in total. The van der Waals surface area contributed by atoms with Crippen LogP contribution in [0, 0.1) is 24.5 Å². The first kappa shape index (κ1) is 24.0. The van der Waals surface area contributed by atoms with Gasteiger partial charge in [-0.3, -0.25) is 9.48 Å². The number of fused-ring (bicyclic) bond motifs is 3. The molecule has 4 rings (SSSR count). The van der Waals surface area contributed by atoms with Crippen molar-refractivity contribution in [2.45, 2.75) is 32.9 Å². The van der Waals surface area contributed by atoms with Gasteiger partial charge in [0, 0.05) is 56.7 Å². The minimum absolute atomic E-state index is 0.103. The monoisotopic (exact) mass is 482 g/mol. The van der Waals surface area contributed by atoms with Crippen LogP contribution < -0.4 is 10.6 Å². The summed E-state index contributed by atoms with van der Waals surface area (Å²) >= 11 is 0. The number of hydrogen-bond acceptors (Lipinski definition) is 4. The molecule has 3 heterocycles. The zero-order valence-electron chi connectivity index (χ0n) is 18.9. The maximum Gasteiger partial charge on any atom is 0.322 e. The zero-order valence-corrected chi connectivity index (χ0v) is 18.9. The van der Waals surface area contributed by atoms with Gasteiger partial charge in [0.1, 0.15) is 11.5 Å². The fraction of sp³-hybridized carbons (Fsp3) is 0.500. The minimum Gasteiger partial charge on any atom is -0.340 e. The Morgan fingerprint density at radius 2 is 2.03 bits per heavy atom. The molecule has 0 unspecified atom stereocenters. The average Bonchev–Trinajstić information content (AvgIpc) is 3.09. The molecule has 1 atom stereocenters. The van der Waals surface area contributed by atoms with E-state index >= 15 is 0 Å². The number of carbonyl (C=O) groups excluding carboxylic acids is 2. The van der Waals surface area contributed by atoms with Gasteiger partial charge in [0.2, 0.25) is 0 Å². The number of halogens is 4. The van der Waals surface area contributed by atoms with E-state index in [9.17, 15) is 27.2 Å². The molecule has 0 saturated heterocycles. The normalized spacial score (nSPS) is 18.1. The van der Waals surface area contributed by atoms with Gasteiger partial charge >= 0.3 is 6.03 Å². The number of anilines is 1. The largest absolute Gasteiger partial charge is 0.340 e. The summed E-state index contributed by atoms with van der Waals surface area (Å²) in [6.45, 7) is 2.33. The van der Waals surface area contributed by atoms with Crippen LogP contribution >= 0.6 is 0 Å². The van der Waals surface area contributed by atoms with Gasteiger partial charge in [-0.05, 0) is 19.1 Å². The molecule has 3 amide bonds. The van der Waals surface area contributed by atoms with Crippen molar-refractivity contribution in [1.29, 1.82) is 0 Å². The van der Waals surface area contributed by atoms with Crippen LogP contribution in [-0.4, -0.2) is 71.2 Å². The van der Waals surface area contributed by atoms with Gasteiger partial charge < -0.3 is 20.4 Å². The minimum atomic E-state index is -2.46. The highest BCUT2D eigenvalue weighted by molar-refractivity contribution is 5.95. The van der Waals surface area contributed by atoms with Crippen LogP contribution in [0.15, 0.2) is 12.1 Å². The molecule has 34 heavy (non-hydrogen) atoms. The molecule has 0 bridgehead atoms. The standard InChI is InChI=1S/C22H26F4N6O2/c1-12-15(23)3-4-17(19(12)26)28-22(34)31-6-5-16-14(11-31)20-21(33)30(2)9-13(10-32(20)29-16)7-27-8-18(24)25/h3-4,13,18,27H,5-11H2,1-2H3,(H,28,34)/t13-/m0/s1. The van der Waals surface area contributed by atoms with Crippen LogP contribution in [0.3, 0.4) is 0 Å². The first-order chi connectivity index (χ1) is 16.2. The van der Waals surface area contributed by atoms with Crippen molar-refractivity contribution in [3.8, 4) is 0 Å². The van der Waals surface area contributed by atoms with Crippen molar-refractivity contribution in [3.63, 3.8) is 0 Å². The lowest BCUT2D eigenvalue weighted by molar-refractivity contribution is 0.0776. The summed E-state index contributed by atoms with van der Waals surface area (Å²) in [6, 6.07) is 1.68. The number of rotatable bonds is 5. The van der Waals surface area contributed by atoms with Gasteiger partial charge in [-0.25, -0.2) is 22.4 Å². The summed E-state index contributed by atoms with van der Waals surface area (Å²) < 4.78 is 54.4. The predicted molar refractivity (Wildman–Crippen MR) is 116 cm³/mol. The first-order valence-corrected chi connectivity index (χ1v) is 11.0. The Morgan fingerprint density at radius 3 is 2.76 bits per heavy atom. The molecule has 1 aromatic carbocycles. The van der Waals surface area contributed by atoms with E-state index < -0.39 is 30.6 Å². The molecular formula is C22H26F4N6O2. The van der Waals surface area contributed by atoms with Crippen LogP contribution in [0.25, 0.3) is 0 Å². The fourth-order valence-corrected chi connectivity index (χ4v) is 4.40. The van der Waals surface area contributed by atoms with Gasteiger partial charge in [0.25, 0.3) is 12.3 Å². The second kappa shape index (κ2) is 9.61. The summed E-state index contributed by atoms with van der Waals surface area (Å²) in [5, 5.41) is 9.77. The quantitative estimate of drug-likeness (QED) is 0.642. The lowest BCUT2D eigenvalue weighted by Gasteiger charge is -2.27. The third kappa shape index (κ3) is 4.72. The van der Waals surface area contributed by atoms with Crippen molar-refractivity contribution < 1.29 is 27.2 Å². The number of aromatic nitrogens is 2. The Hall–Kier alpha value is -3.15. The van der Waals surface area contributed by atoms with Crippen LogP contribution in [0.5, 0.6) is 0 Å². The number of urea groups is 1. The molecule has 2 aliphatic heterocycles. The number of alkyl halides is 2. The summed E-state index contributed by atoms with van der Waals surface area (Å²) in [5.74, 6) is -1.91. The van der Waals surface area contributed by atoms with Crippen molar-refractivity contribution in [1.82, 2.24) is 24.9 Å². The van der Waals surface area contributed by atoms with Crippen molar-refractivity contribution in [3.05, 3.63) is 46.3 Å². The summed E-state index contributed by atoms with van der Waals surface area (Å²) in [4.78, 5) is 28.9. The van der Waals surface area contributed by atoms with Crippen LogP contribution in [0.2, 0.25) is 0 Å². The summed E-state index contributed by atoms with van der Waals surface area (Å²) in [5.41, 5.74) is 1.38. The highest BCUT2D eigenvalue weighted by atomic mass is 19.3. The molecule has 12 heteroatoms. The summed E-state index contributed by atoms with van der Waals surface area (Å²) in [6.07, 6.45) is -2.05. The Labute approximate surface area is 193 Å². The number of carbonyl (C=O) groups is 2. The highest BCUT2D eigenvalue weighted by Gasteiger charge is 2.35. The van der Waals surface area contributed by atoms with Crippen molar-refractivity contribution >= 4 is 17.6 Å². The molecule has 2 aromatic rings. The number of nitrogens with one attached hydrogen (secondary N) is 2. The van der Waals surface area contributed by atoms with E-state index in [2.05, 4.69) is 15.7 Å². The smallest absolute Gasteiger partial charge is 0.322 e. The molecule has 0 radical (unpaired) electrons. The van der Waals surface area contributed by atoms with E-state index in [0.29, 0.717) is 49.6 Å². The maximum atomic E-state index is 14.3. The SMILES string of the molecule is Cc1c(F)ccc(NC(=O)N2CCc3nn4c(c3C2)C(=O)N(C)C[C@H](CNCC(F)F)C4)c1F. The Kier molecular flexibility index (Phi) is 6.78. The van der Waals surface area contributed by atoms with Crippen LogP contribution in [0.4, 0.5) is 28.0 Å². The molecule has 0 spiro atoms. The molecule has 1 aromatic heterocycles. The number of nitrogens with zero attached hydrogens (tertiary/aromatic N) is 4. The zero-order chi connectivity index (χ0) is 24.6. The molecule has 184 valence electrons. The van der Waals surface area contributed by atoms with E-state index in [0.717, 1.165) is 12.1 Å². The second-order valence-electron chi connectivity index (χ2n) is 8.69. The molecule has 0 aliphatic carbocycles. The number of amides is 3. The van der Waals surface area contributed by atoms with E-state index in [1.165, 1.54) is 16.7 Å². The van der Waals surface area contributed by atoms with Gasteiger partial charge in [0.15, 0.2) is 5.82 Å². The van der Waals surface area contributed by atoms with Crippen LogP contribution in [0.1, 0.15) is 27.3 Å². The second-order valence-corrected chi connectivity index (χ2v) is 8.69. The van der Waals surface area contributed by atoms with Gasteiger partial charge in [-0.1, -0.05) is 0 Å². The fourth-order valence-electron chi connectivity index (χ4n) is 4.40. The van der Waals surface area contributed by atoms with Crippen molar-refractivity contribution in [2.75, 3.05) is 38.5 Å². The lowest BCUT2D eigenvalue weighted by atomic mass is 10.0. The topological polar surface area (TPSA) is 82.5 Å². The van der Waals surface area contributed by atoms with E-state index in [4.69, 9.17) is 0 Å². The van der Waals surface area contributed by atoms with Gasteiger partial charge in [0.05, 0.1) is 24.5 Å². The Bertz CT molecular complexity index is 1110. The van der Waals surface area contributed by atoms with Crippen LogP contribution in [-0.2, 0) is 19.5 Å². The first-order valence-electron chi connectivity index (χ1n) is 11.0. The molecule has 2 aliphatic rings. The maximum absolute atomic E-state index is 14.3. The Balaban J connectivity index is 1.52. The average molecular weight is 482 g/mol. The highest BCUT2D eigenvalue weighted by Crippen LogP contribution is 2.27. The third-order valence-corrected chi connectivity index (χ3v) is 6.19. The summed E-state index contributed by atoms with van der Waals surface area (Å²) in [7, 11) is 1.64. The van der Waals surface area contributed by atoms with Gasteiger partial charge in [-0.15, -0.1) is 0 Å². The number of hydrogen-bond donors (Lipinski definition) is 2. The van der Waals surface area contributed by atoms with Gasteiger partial charge in [-0.2, -0.15) is 5.10 Å². The Morgan fingerprint density at radius 1 is 1.26 bits per heavy atom.